The molecule has 0 amide bonds. The van der Waals surface area contributed by atoms with E-state index in [4.69, 9.17) is 56.9 Å². The van der Waals surface area contributed by atoms with Gasteiger partial charge in [-0.2, -0.15) is 4.86 Å². The summed E-state index contributed by atoms with van der Waals surface area (Å²) in [7, 11) is 0. The van der Waals surface area contributed by atoms with Gasteiger partial charge in [-0.3, -0.25) is 9.13 Å². The summed E-state index contributed by atoms with van der Waals surface area (Å²) in [6.45, 7) is -3.16. The molecule has 0 saturated heterocycles. The third-order valence-corrected chi connectivity index (χ3v) is 7.35. The van der Waals surface area contributed by atoms with Crippen LogP contribution in [0.15, 0.2) is 0 Å². The highest BCUT2D eigenvalue weighted by atomic mass is 35.9. The maximum atomic E-state index is 11.8. The smallest absolute Gasteiger partial charge is 0.271 e. The summed E-state index contributed by atoms with van der Waals surface area (Å²) in [4.78, 5) is 1.98. The second-order valence-corrected chi connectivity index (χ2v) is 11.2. The summed E-state index contributed by atoms with van der Waals surface area (Å²) in [6.07, 6.45) is 0. The van der Waals surface area contributed by atoms with Crippen molar-refractivity contribution < 1.29 is 9.13 Å². The van der Waals surface area contributed by atoms with Crippen LogP contribution in [0, 0.1) is 0 Å². The summed E-state index contributed by atoms with van der Waals surface area (Å²) >= 11 is 27.1. The largest absolute Gasteiger partial charge is 0.327 e. The van der Waals surface area contributed by atoms with Crippen LogP contribution in [0.2, 0.25) is 0 Å². The number of alkyl halides is 2. The third kappa shape index (κ3) is 7.70. The van der Waals surface area contributed by atoms with Gasteiger partial charge in [0, 0.05) is 24.8 Å². The van der Waals surface area contributed by atoms with Crippen molar-refractivity contribution in [3.63, 3.8) is 0 Å². The lowest BCUT2D eigenvalue weighted by atomic mass is 10.7. The van der Waals surface area contributed by atoms with Gasteiger partial charge in [-0.15, -0.1) is 23.2 Å². The lowest BCUT2D eigenvalue weighted by molar-refractivity contribution is 0.455. The molecule has 0 rings (SSSR count). The zero-order valence-electron chi connectivity index (χ0n) is 7.38. The Labute approximate surface area is 113 Å². The van der Waals surface area contributed by atoms with Gasteiger partial charge in [-0.25, -0.2) is 4.67 Å². The summed E-state index contributed by atoms with van der Waals surface area (Å²) in [6, 6.07) is 0. The molecule has 0 aliphatic rings. The van der Waals surface area contributed by atoms with Gasteiger partial charge in [0.1, 0.15) is 0 Å². The molecule has 0 aliphatic heterocycles. The molecule has 0 heterocycles. The van der Waals surface area contributed by atoms with Crippen LogP contribution in [0.5, 0.6) is 0 Å². The van der Waals surface area contributed by atoms with E-state index in [0.29, 0.717) is 0 Å². The average molecular weight is 356 g/mol. The Morgan fingerprint density at radius 2 is 1.40 bits per heavy atom. The first-order valence-corrected chi connectivity index (χ1v) is 10.8. The first-order valence-electron chi connectivity index (χ1n) is 3.69. The molecule has 0 spiro atoms. The van der Waals surface area contributed by atoms with Crippen molar-refractivity contribution in [2.24, 2.45) is 0 Å². The number of nitrogens with one attached hydrogen (secondary N) is 1. The van der Waals surface area contributed by atoms with Gasteiger partial charge >= 0.3 is 12.8 Å². The highest BCUT2D eigenvalue weighted by molar-refractivity contribution is 8.12. The predicted octanol–water partition coefficient (Wildman–Crippen LogP) is 4.29. The summed E-state index contributed by atoms with van der Waals surface area (Å²) in [5, 5.41) is 0. The van der Waals surface area contributed by atoms with Gasteiger partial charge in [-0.05, 0) is 33.7 Å². The second kappa shape index (κ2) is 7.31. The Hall–Kier alpha value is 1.83. The predicted molar refractivity (Wildman–Crippen MR) is 68.9 cm³/mol. The van der Waals surface area contributed by atoms with Gasteiger partial charge in [-0.1, -0.05) is 0 Å². The van der Waals surface area contributed by atoms with Gasteiger partial charge in [0.2, 0.25) is 0 Å². The SMILES string of the molecule is O=P(Cl)(Cl)NP(=O)(Cl)N(CCCl)CCCl. The fourth-order valence-electron chi connectivity index (χ4n) is 0.771. The van der Waals surface area contributed by atoms with Crippen molar-refractivity contribution in [3.05, 3.63) is 0 Å². The van der Waals surface area contributed by atoms with Crippen LogP contribution < -0.4 is 4.86 Å². The van der Waals surface area contributed by atoms with Crippen LogP contribution in [0.4, 0.5) is 0 Å². The number of halogens is 5. The molecule has 1 unspecified atom stereocenters. The Kier molecular flexibility index (Phi) is 8.20. The van der Waals surface area contributed by atoms with E-state index in [2.05, 4.69) is 0 Å². The molecular formula is C4H9Cl5N2O2P2. The molecule has 11 heteroatoms. The van der Waals surface area contributed by atoms with Gasteiger partial charge < -0.3 is 0 Å². The quantitative estimate of drug-likeness (QED) is 0.546. The Morgan fingerprint density at radius 3 is 1.67 bits per heavy atom. The normalized spacial score (nSPS) is 16.7. The minimum Gasteiger partial charge on any atom is -0.271 e. The minimum absolute atomic E-state index is 0.199. The van der Waals surface area contributed by atoms with Crippen molar-refractivity contribution in [1.82, 2.24) is 9.53 Å². The lowest BCUT2D eigenvalue weighted by Crippen LogP contribution is -2.27. The zero-order chi connectivity index (χ0) is 12.1. The van der Waals surface area contributed by atoms with E-state index in [0.717, 1.165) is 0 Å². The third-order valence-electron chi connectivity index (χ3n) is 1.29. The fraction of sp³-hybridized carbons (Fsp3) is 1.00. The highest BCUT2D eigenvalue weighted by Crippen LogP contribution is 2.65. The molecule has 0 saturated carbocycles. The topological polar surface area (TPSA) is 49.4 Å². The summed E-state index contributed by atoms with van der Waals surface area (Å²) < 4.78 is 24.1. The minimum atomic E-state index is -3.72. The molecule has 1 atom stereocenters. The standard InChI is InChI=1S/C4H9Cl5N2O2P2/c5-1-3-11(4-2-6)15(9,13)10-14(7,8)12/h1-4H2,(H,10,12,13). The lowest BCUT2D eigenvalue weighted by Gasteiger charge is -2.25. The Balaban J connectivity index is 4.63. The molecule has 92 valence electrons. The summed E-state index contributed by atoms with van der Waals surface area (Å²) in [5.74, 6) is -3.32. The maximum Gasteiger partial charge on any atom is 0.327 e. The fourth-order valence-corrected chi connectivity index (χ4v) is 7.74. The first-order chi connectivity index (χ1) is 6.73. The molecule has 0 aliphatic carbocycles. The van der Waals surface area contributed by atoms with Gasteiger partial charge in [0.25, 0.3) is 0 Å². The van der Waals surface area contributed by atoms with Crippen LogP contribution in [-0.2, 0) is 9.13 Å². The van der Waals surface area contributed by atoms with Crippen molar-refractivity contribution in [3.8, 4) is 0 Å². The first kappa shape index (κ1) is 16.8. The molecule has 0 aromatic heterocycles. The summed E-state index contributed by atoms with van der Waals surface area (Å²) in [5.41, 5.74) is 0. The van der Waals surface area contributed by atoms with E-state index in [1.165, 1.54) is 4.67 Å². The van der Waals surface area contributed by atoms with Crippen molar-refractivity contribution in [2.75, 3.05) is 24.8 Å². The van der Waals surface area contributed by atoms with Crippen molar-refractivity contribution in [2.45, 2.75) is 0 Å². The van der Waals surface area contributed by atoms with Crippen molar-refractivity contribution in [1.29, 1.82) is 0 Å². The van der Waals surface area contributed by atoms with Crippen LogP contribution in [0.3, 0.4) is 0 Å². The number of nitrogens with zero attached hydrogens (tertiary/aromatic N) is 1. The molecule has 15 heavy (non-hydrogen) atoms. The number of hydrogen-bond acceptors (Lipinski definition) is 2. The van der Waals surface area contributed by atoms with E-state index in [-0.39, 0.29) is 24.8 Å². The van der Waals surface area contributed by atoms with E-state index >= 15 is 0 Å². The second-order valence-electron chi connectivity index (χ2n) is 2.40. The van der Waals surface area contributed by atoms with Crippen LogP contribution in [0.1, 0.15) is 0 Å². The van der Waals surface area contributed by atoms with Crippen LogP contribution in [0.25, 0.3) is 0 Å². The molecule has 4 nitrogen and oxygen atoms in total. The Morgan fingerprint density at radius 1 is 1.00 bits per heavy atom. The Bertz CT molecular complexity index is 278. The van der Waals surface area contributed by atoms with Gasteiger partial charge in [0.15, 0.2) is 0 Å². The molecule has 0 aromatic carbocycles. The van der Waals surface area contributed by atoms with Crippen LogP contribution >= 0.6 is 69.7 Å². The monoisotopic (exact) mass is 354 g/mol. The molecule has 0 fully saturated rings. The number of hydrogen-bond donors (Lipinski definition) is 1. The maximum absolute atomic E-state index is 11.8. The molecule has 0 bridgehead atoms. The highest BCUT2D eigenvalue weighted by Gasteiger charge is 2.33. The van der Waals surface area contributed by atoms with Crippen LogP contribution in [-0.4, -0.2) is 29.5 Å². The van der Waals surface area contributed by atoms with Crippen molar-refractivity contribution >= 4 is 69.7 Å². The van der Waals surface area contributed by atoms with E-state index < -0.39 is 12.8 Å². The molecular weight excluding hydrogens is 347 g/mol. The molecule has 0 aromatic rings. The molecule has 1 N–H and O–H groups in total. The average Bonchev–Trinajstić information content (AvgIpc) is 1.99. The van der Waals surface area contributed by atoms with E-state index in [1.807, 2.05) is 4.86 Å². The zero-order valence-corrected chi connectivity index (χ0v) is 12.9. The molecule has 0 radical (unpaired) electrons. The number of rotatable bonds is 7. The van der Waals surface area contributed by atoms with E-state index in [9.17, 15) is 9.13 Å². The van der Waals surface area contributed by atoms with E-state index in [1.54, 1.807) is 0 Å². The van der Waals surface area contributed by atoms with Gasteiger partial charge in [0.05, 0.1) is 0 Å².